The Balaban J connectivity index is 1.82. The van der Waals surface area contributed by atoms with Crippen LogP contribution in [0.5, 0.6) is 0 Å². The number of hydrogen-bond donors (Lipinski definition) is 1. The van der Waals surface area contributed by atoms with Crippen LogP contribution in [0.2, 0.25) is 0 Å². The summed E-state index contributed by atoms with van der Waals surface area (Å²) in [5, 5.41) is 2.80. The van der Waals surface area contributed by atoms with Crippen molar-refractivity contribution in [2.24, 2.45) is 0 Å². The molecular formula is C18H22N2O3S. The van der Waals surface area contributed by atoms with E-state index in [1.807, 2.05) is 32.0 Å². The second kappa shape index (κ2) is 6.59. The number of aryl methyl sites for hydroxylation is 2. The first kappa shape index (κ1) is 17.0. The van der Waals surface area contributed by atoms with Crippen LogP contribution in [0, 0.1) is 0 Å². The first-order valence-corrected chi connectivity index (χ1v) is 9.53. The predicted octanol–water partition coefficient (Wildman–Crippen LogP) is 2.42. The minimum absolute atomic E-state index is 0.173. The summed E-state index contributed by atoms with van der Waals surface area (Å²) in [6.45, 7) is 3.85. The van der Waals surface area contributed by atoms with Crippen LogP contribution in [0.4, 0.5) is 4.79 Å². The number of amides is 3. The molecule has 0 radical (unpaired) electrons. The molecule has 5 nitrogen and oxygen atoms in total. The van der Waals surface area contributed by atoms with Crippen LogP contribution in [-0.2, 0) is 17.6 Å². The number of ketones is 1. The van der Waals surface area contributed by atoms with Crippen molar-refractivity contribution in [2.75, 3.05) is 18.1 Å². The minimum atomic E-state index is -0.791. The number of urea groups is 1. The highest BCUT2D eigenvalue weighted by atomic mass is 32.2. The lowest BCUT2D eigenvalue weighted by atomic mass is 9.96. The summed E-state index contributed by atoms with van der Waals surface area (Å²) >= 11 is 1.66. The van der Waals surface area contributed by atoms with Gasteiger partial charge < -0.3 is 5.32 Å². The molecule has 0 unspecified atom stereocenters. The third kappa shape index (κ3) is 2.83. The number of rotatable bonds is 5. The molecule has 0 aliphatic carbocycles. The van der Waals surface area contributed by atoms with Gasteiger partial charge in [-0.3, -0.25) is 14.5 Å². The van der Waals surface area contributed by atoms with Gasteiger partial charge in [-0.1, -0.05) is 26.0 Å². The molecule has 1 aromatic rings. The quantitative estimate of drug-likeness (QED) is 0.657. The normalized spacial score (nSPS) is 23.2. The van der Waals surface area contributed by atoms with Crippen LogP contribution in [0.1, 0.15) is 41.8 Å². The molecule has 1 spiro atoms. The molecule has 3 amide bonds. The maximum atomic E-state index is 12.8. The molecule has 2 fully saturated rings. The van der Waals surface area contributed by atoms with E-state index < -0.39 is 11.6 Å². The molecule has 128 valence electrons. The zero-order valence-electron chi connectivity index (χ0n) is 14.1. The molecule has 2 aliphatic heterocycles. The second-order valence-electron chi connectivity index (χ2n) is 6.33. The van der Waals surface area contributed by atoms with Gasteiger partial charge >= 0.3 is 6.03 Å². The average Bonchev–Trinajstić information content (AvgIpc) is 3.15. The van der Waals surface area contributed by atoms with Crippen molar-refractivity contribution in [3.8, 4) is 0 Å². The number of imide groups is 1. The number of carbonyl (C=O) groups is 3. The third-order valence-corrected chi connectivity index (χ3v) is 6.02. The SMILES string of the molecule is CCc1ccc(CC)c(C(=O)CN2C(=O)N[C@]3(CCSC3)C2=O)c1. The molecule has 2 saturated heterocycles. The molecule has 0 saturated carbocycles. The molecule has 6 heteroatoms. The zero-order valence-corrected chi connectivity index (χ0v) is 14.9. The largest absolute Gasteiger partial charge is 0.325 e. The van der Waals surface area contributed by atoms with Gasteiger partial charge in [-0.2, -0.15) is 11.8 Å². The Bertz CT molecular complexity index is 696. The lowest BCUT2D eigenvalue weighted by Crippen LogP contribution is -2.47. The summed E-state index contributed by atoms with van der Waals surface area (Å²) in [7, 11) is 0. The van der Waals surface area contributed by atoms with E-state index in [2.05, 4.69) is 5.32 Å². The number of thioether (sulfide) groups is 1. The van der Waals surface area contributed by atoms with Crippen LogP contribution >= 0.6 is 11.8 Å². The number of Topliss-reactive ketones (excluding diaryl/α,β-unsaturated/α-hetero) is 1. The fourth-order valence-electron chi connectivity index (χ4n) is 3.29. The number of nitrogens with zero attached hydrogens (tertiary/aromatic N) is 1. The van der Waals surface area contributed by atoms with Gasteiger partial charge in [0, 0.05) is 11.3 Å². The Labute approximate surface area is 146 Å². The van der Waals surface area contributed by atoms with E-state index in [0.29, 0.717) is 17.7 Å². The summed E-state index contributed by atoms with van der Waals surface area (Å²) in [5.74, 6) is 1.02. The zero-order chi connectivity index (χ0) is 17.3. The van der Waals surface area contributed by atoms with E-state index in [4.69, 9.17) is 0 Å². The first-order valence-electron chi connectivity index (χ1n) is 8.37. The van der Waals surface area contributed by atoms with Gasteiger partial charge in [0.2, 0.25) is 0 Å². The van der Waals surface area contributed by atoms with E-state index in [1.54, 1.807) is 11.8 Å². The van der Waals surface area contributed by atoms with Gasteiger partial charge in [0.1, 0.15) is 5.54 Å². The highest BCUT2D eigenvalue weighted by Crippen LogP contribution is 2.33. The number of benzene rings is 1. The number of carbonyl (C=O) groups excluding carboxylic acids is 3. The van der Waals surface area contributed by atoms with Crippen LogP contribution in [0.3, 0.4) is 0 Å². The molecule has 24 heavy (non-hydrogen) atoms. The monoisotopic (exact) mass is 346 g/mol. The maximum Gasteiger partial charge on any atom is 0.325 e. The fraction of sp³-hybridized carbons (Fsp3) is 0.500. The summed E-state index contributed by atoms with van der Waals surface area (Å²) in [6, 6.07) is 5.43. The second-order valence-corrected chi connectivity index (χ2v) is 7.43. The first-order chi connectivity index (χ1) is 11.5. The summed E-state index contributed by atoms with van der Waals surface area (Å²) in [5.41, 5.74) is 1.87. The third-order valence-electron chi connectivity index (χ3n) is 4.83. The van der Waals surface area contributed by atoms with E-state index in [1.165, 1.54) is 0 Å². The van der Waals surface area contributed by atoms with Crippen molar-refractivity contribution in [3.05, 3.63) is 34.9 Å². The Morgan fingerprint density at radius 2 is 2.08 bits per heavy atom. The van der Waals surface area contributed by atoms with Gasteiger partial charge in [0.05, 0.1) is 6.54 Å². The van der Waals surface area contributed by atoms with E-state index in [9.17, 15) is 14.4 Å². The molecule has 1 aromatic carbocycles. The highest BCUT2D eigenvalue weighted by molar-refractivity contribution is 7.99. The smallest absolute Gasteiger partial charge is 0.322 e. The van der Waals surface area contributed by atoms with Crippen molar-refractivity contribution in [2.45, 2.75) is 38.6 Å². The van der Waals surface area contributed by atoms with Crippen LogP contribution < -0.4 is 5.32 Å². The van der Waals surface area contributed by atoms with Crippen LogP contribution in [0.15, 0.2) is 18.2 Å². The minimum Gasteiger partial charge on any atom is -0.322 e. The van der Waals surface area contributed by atoms with Crippen molar-refractivity contribution < 1.29 is 14.4 Å². The van der Waals surface area contributed by atoms with Gasteiger partial charge in [-0.25, -0.2) is 4.79 Å². The Morgan fingerprint density at radius 1 is 1.29 bits per heavy atom. The Kier molecular flexibility index (Phi) is 4.67. The Hall–Kier alpha value is -1.82. The van der Waals surface area contributed by atoms with Crippen molar-refractivity contribution in [1.29, 1.82) is 0 Å². The van der Waals surface area contributed by atoms with Crippen LogP contribution in [0.25, 0.3) is 0 Å². The molecule has 2 aliphatic rings. The molecular weight excluding hydrogens is 324 g/mol. The number of nitrogens with one attached hydrogen (secondary N) is 1. The summed E-state index contributed by atoms with van der Waals surface area (Å²) in [6.07, 6.45) is 2.22. The summed E-state index contributed by atoms with van der Waals surface area (Å²) in [4.78, 5) is 38.7. The topological polar surface area (TPSA) is 66.5 Å². The molecule has 0 bridgehead atoms. The number of hydrogen-bond acceptors (Lipinski definition) is 4. The maximum absolute atomic E-state index is 12.8. The molecule has 3 rings (SSSR count). The van der Waals surface area contributed by atoms with Gasteiger partial charge in [-0.15, -0.1) is 0 Å². The van der Waals surface area contributed by atoms with E-state index in [-0.39, 0.29) is 18.2 Å². The van der Waals surface area contributed by atoms with Crippen LogP contribution in [-0.4, -0.2) is 46.2 Å². The fourth-order valence-corrected chi connectivity index (χ4v) is 4.62. The molecule has 1 atom stereocenters. The van der Waals surface area contributed by atoms with Crippen molar-refractivity contribution in [1.82, 2.24) is 10.2 Å². The van der Waals surface area contributed by atoms with Gasteiger partial charge in [-0.05, 0) is 42.2 Å². The van der Waals surface area contributed by atoms with E-state index >= 15 is 0 Å². The Morgan fingerprint density at radius 3 is 2.71 bits per heavy atom. The standard InChI is InChI=1S/C18H22N2O3S/c1-3-12-5-6-13(4-2)14(9-12)15(21)10-20-16(22)18(19-17(20)23)7-8-24-11-18/h5-6,9H,3-4,7-8,10-11H2,1-2H3,(H,19,23)/t18-/m0/s1. The molecule has 1 N–H and O–H groups in total. The van der Waals surface area contributed by atoms with E-state index in [0.717, 1.165) is 34.6 Å². The van der Waals surface area contributed by atoms with Crippen molar-refractivity contribution in [3.63, 3.8) is 0 Å². The molecule has 2 heterocycles. The van der Waals surface area contributed by atoms with Gasteiger partial charge in [0.15, 0.2) is 5.78 Å². The average molecular weight is 346 g/mol. The van der Waals surface area contributed by atoms with Gasteiger partial charge in [0.25, 0.3) is 5.91 Å². The lowest BCUT2D eigenvalue weighted by Gasteiger charge is -2.19. The lowest BCUT2D eigenvalue weighted by molar-refractivity contribution is -0.130. The molecule has 0 aromatic heterocycles. The summed E-state index contributed by atoms with van der Waals surface area (Å²) < 4.78 is 0. The highest BCUT2D eigenvalue weighted by Gasteiger charge is 2.53. The van der Waals surface area contributed by atoms with Crippen molar-refractivity contribution >= 4 is 29.5 Å². The predicted molar refractivity (Wildman–Crippen MR) is 94.4 cm³/mol.